The second-order valence-electron chi connectivity index (χ2n) is 2.51. The Morgan fingerprint density at radius 3 is 1.50 bits per heavy atom. The Bertz CT molecular complexity index is 164. The zero-order valence-corrected chi connectivity index (χ0v) is 12.0. The number of hydrogen-bond acceptors (Lipinski definition) is 4. The minimum absolute atomic E-state index is 0.637. The standard InChI is InChI=1S/C8H18O2S4/c1-3-13(9)7-5-11-12-6-8-14(10)4-2/h3-8H2,1-2H3. The zero-order chi connectivity index (χ0) is 10.8. The fourth-order valence-corrected chi connectivity index (χ4v) is 5.44. The lowest BCUT2D eigenvalue weighted by Gasteiger charge is -2.00. The Morgan fingerprint density at radius 1 is 0.857 bits per heavy atom. The van der Waals surface area contributed by atoms with Gasteiger partial charge in [0, 0.05) is 56.1 Å². The SMILES string of the molecule is CCS(=O)CCSSCCS(=O)CC. The van der Waals surface area contributed by atoms with Crippen molar-refractivity contribution in [3.05, 3.63) is 0 Å². The van der Waals surface area contributed by atoms with Crippen LogP contribution in [0.4, 0.5) is 0 Å². The molecule has 0 rings (SSSR count). The zero-order valence-electron chi connectivity index (χ0n) is 8.69. The molecule has 0 aliphatic heterocycles. The van der Waals surface area contributed by atoms with E-state index < -0.39 is 21.6 Å². The van der Waals surface area contributed by atoms with Gasteiger partial charge in [0.25, 0.3) is 0 Å². The van der Waals surface area contributed by atoms with Gasteiger partial charge in [0.05, 0.1) is 0 Å². The molecular weight excluding hydrogens is 256 g/mol. The van der Waals surface area contributed by atoms with E-state index in [1.165, 1.54) is 0 Å². The first-order chi connectivity index (χ1) is 6.70. The van der Waals surface area contributed by atoms with E-state index in [9.17, 15) is 8.42 Å². The molecule has 86 valence electrons. The molecule has 0 radical (unpaired) electrons. The molecule has 0 saturated carbocycles. The summed E-state index contributed by atoms with van der Waals surface area (Å²) >= 11 is 0. The third kappa shape index (κ3) is 9.55. The van der Waals surface area contributed by atoms with Crippen molar-refractivity contribution in [3.63, 3.8) is 0 Å². The van der Waals surface area contributed by atoms with Gasteiger partial charge < -0.3 is 0 Å². The summed E-state index contributed by atoms with van der Waals surface area (Å²) in [5, 5.41) is 0. The molecule has 6 heteroatoms. The predicted molar refractivity (Wildman–Crippen MR) is 72.0 cm³/mol. The van der Waals surface area contributed by atoms with Crippen molar-refractivity contribution < 1.29 is 8.42 Å². The van der Waals surface area contributed by atoms with E-state index in [1.807, 2.05) is 13.8 Å². The van der Waals surface area contributed by atoms with Crippen LogP contribution in [0.5, 0.6) is 0 Å². The third-order valence-electron chi connectivity index (χ3n) is 1.52. The van der Waals surface area contributed by atoms with Crippen molar-refractivity contribution in [2.45, 2.75) is 13.8 Å². The van der Waals surface area contributed by atoms with Crippen molar-refractivity contribution in [2.24, 2.45) is 0 Å². The maximum Gasteiger partial charge on any atom is 0.0333 e. The lowest BCUT2D eigenvalue weighted by molar-refractivity contribution is 0.684. The van der Waals surface area contributed by atoms with Gasteiger partial charge in [-0.25, -0.2) is 0 Å². The molecule has 0 heterocycles. The maximum atomic E-state index is 11.0. The Morgan fingerprint density at radius 2 is 1.21 bits per heavy atom. The van der Waals surface area contributed by atoms with Gasteiger partial charge in [-0.3, -0.25) is 8.42 Å². The molecule has 0 N–H and O–H groups in total. The summed E-state index contributed by atoms with van der Waals surface area (Å²) in [7, 11) is 2.20. The molecular formula is C8H18O2S4. The third-order valence-corrected chi connectivity index (χ3v) is 7.05. The summed E-state index contributed by atoms with van der Waals surface area (Å²) in [4.78, 5) is 0. The minimum atomic E-state index is -0.637. The largest absolute Gasteiger partial charge is 0.260 e. The van der Waals surface area contributed by atoms with Crippen molar-refractivity contribution in [3.8, 4) is 0 Å². The molecule has 0 aromatic rings. The molecule has 0 spiro atoms. The average Bonchev–Trinajstić information content (AvgIpc) is 2.22. The number of hydrogen-bond donors (Lipinski definition) is 0. The van der Waals surface area contributed by atoms with Crippen LogP contribution >= 0.6 is 21.6 Å². The molecule has 0 bridgehead atoms. The van der Waals surface area contributed by atoms with Crippen LogP contribution in [0.15, 0.2) is 0 Å². The highest BCUT2D eigenvalue weighted by molar-refractivity contribution is 8.76. The van der Waals surface area contributed by atoms with Crippen LogP contribution in [0.3, 0.4) is 0 Å². The molecule has 2 nitrogen and oxygen atoms in total. The van der Waals surface area contributed by atoms with E-state index in [4.69, 9.17) is 0 Å². The highest BCUT2D eigenvalue weighted by Crippen LogP contribution is 2.20. The van der Waals surface area contributed by atoms with Gasteiger partial charge in [0.15, 0.2) is 0 Å². The molecule has 2 atom stereocenters. The van der Waals surface area contributed by atoms with Gasteiger partial charge in [0.1, 0.15) is 0 Å². The lowest BCUT2D eigenvalue weighted by atomic mass is 10.9. The summed E-state index contributed by atoms with van der Waals surface area (Å²) in [5.41, 5.74) is 0. The highest BCUT2D eigenvalue weighted by Gasteiger charge is 1.98. The quantitative estimate of drug-likeness (QED) is 0.475. The summed E-state index contributed by atoms with van der Waals surface area (Å²) < 4.78 is 22.1. The molecule has 0 amide bonds. The Hall–Kier alpha value is 1.000. The molecule has 14 heavy (non-hydrogen) atoms. The lowest BCUT2D eigenvalue weighted by Crippen LogP contribution is -2.02. The van der Waals surface area contributed by atoms with Crippen molar-refractivity contribution in [2.75, 3.05) is 34.5 Å². The van der Waals surface area contributed by atoms with Crippen LogP contribution in [0.1, 0.15) is 13.8 Å². The van der Waals surface area contributed by atoms with Crippen LogP contribution in [0.25, 0.3) is 0 Å². The van der Waals surface area contributed by atoms with Gasteiger partial charge in [-0.2, -0.15) is 0 Å². The van der Waals surface area contributed by atoms with Gasteiger partial charge in [-0.1, -0.05) is 35.4 Å². The summed E-state index contributed by atoms with van der Waals surface area (Å²) in [6, 6.07) is 0. The van der Waals surface area contributed by atoms with Crippen LogP contribution in [0.2, 0.25) is 0 Å². The van der Waals surface area contributed by atoms with Gasteiger partial charge >= 0.3 is 0 Å². The van der Waals surface area contributed by atoms with E-state index in [-0.39, 0.29) is 0 Å². The molecule has 0 aromatic heterocycles. The highest BCUT2D eigenvalue weighted by atomic mass is 33.1. The maximum absolute atomic E-state index is 11.0. The molecule has 0 aliphatic rings. The van der Waals surface area contributed by atoms with Gasteiger partial charge in [0.2, 0.25) is 0 Å². The smallest absolute Gasteiger partial charge is 0.0333 e. The van der Waals surface area contributed by atoms with Crippen LogP contribution < -0.4 is 0 Å². The Balaban J connectivity index is 3.14. The van der Waals surface area contributed by atoms with Crippen LogP contribution in [0, 0.1) is 0 Å². The molecule has 0 aliphatic carbocycles. The van der Waals surface area contributed by atoms with E-state index >= 15 is 0 Å². The first kappa shape index (κ1) is 15.0. The molecule has 0 aromatic carbocycles. The van der Waals surface area contributed by atoms with E-state index in [0.29, 0.717) is 0 Å². The van der Waals surface area contributed by atoms with Crippen LogP contribution in [-0.2, 0) is 21.6 Å². The second-order valence-corrected chi connectivity index (χ2v) is 8.94. The van der Waals surface area contributed by atoms with Crippen LogP contribution in [-0.4, -0.2) is 42.9 Å². The fourth-order valence-electron chi connectivity index (χ4n) is 0.660. The molecule has 0 fully saturated rings. The number of rotatable bonds is 9. The minimum Gasteiger partial charge on any atom is -0.260 e. The molecule has 2 unspecified atom stereocenters. The average molecular weight is 274 g/mol. The summed E-state index contributed by atoms with van der Waals surface area (Å²) in [5.74, 6) is 4.94. The summed E-state index contributed by atoms with van der Waals surface area (Å²) in [6.07, 6.45) is 0. The molecule has 0 saturated heterocycles. The Kier molecular flexibility index (Phi) is 11.3. The monoisotopic (exact) mass is 274 g/mol. The van der Waals surface area contributed by atoms with Crippen molar-refractivity contribution in [1.82, 2.24) is 0 Å². The normalized spacial score (nSPS) is 15.3. The first-order valence-electron chi connectivity index (χ1n) is 4.65. The van der Waals surface area contributed by atoms with Gasteiger partial charge in [-0.05, 0) is 0 Å². The van der Waals surface area contributed by atoms with Crippen molar-refractivity contribution in [1.29, 1.82) is 0 Å². The van der Waals surface area contributed by atoms with E-state index in [0.717, 1.165) is 34.5 Å². The first-order valence-corrected chi connectivity index (χ1v) is 10.1. The Labute approximate surface area is 99.7 Å². The summed E-state index contributed by atoms with van der Waals surface area (Å²) in [6.45, 7) is 3.89. The topological polar surface area (TPSA) is 34.1 Å². The van der Waals surface area contributed by atoms with E-state index in [1.54, 1.807) is 21.6 Å². The van der Waals surface area contributed by atoms with E-state index in [2.05, 4.69) is 0 Å². The van der Waals surface area contributed by atoms with Gasteiger partial charge in [-0.15, -0.1) is 0 Å². The second kappa shape index (κ2) is 10.5. The fraction of sp³-hybridized carbons (Fsp3) is 1.00. The predicted octanol–water partition coefficient (Wildman–Crippen LogP) is 1.91. The van der Waals surface area contributed by atoms with Crippen molar-refractivity contribution >= 4 is 43.2 Å².